The van der Waals surface area contributed by atoms with Crippen molar-refractivity contribution in [1.29, 1.82) is 0 Å². The van der Waals surface area contributed by atoms with Crippen LogP contribution in [0.2, 0.25) is 5.02 Å². The number of anilines is 1. The number of benzene rings is 2. The average molecular weight is 378 g/mol. The molecule has 0 unspecified atom stereocenters. The Balaban J connectivity index is 1.94. The molecule has 2 aromatic rings. The maximum absolute atomic E-state index is 12.4. The molecular weight excluding hydrogens is 358 g/mol. The Morgan fingerprint density at radius 3 is 2.44 bits per heavy atom. The fourth-order valence-corrected chi connectivity index (χ4v) is 4.07. The minimum atomic E-state index is -0.0939. The summed E-state index contributed by atoms with van der Waals surface area (Å²) in [4.78, 5) is 14.3. The summed E-state index contributed by atoms with van der Waals surface area (Å²) in [7, 11) is 0. The van der Waals surface area contributed by atoms with Gasteiger partial charge in [0.15, 0.2) is 11.5 Å². The first kappa shape index (κ1) is 18.0. The number of ether oxygens (including phenoxy) is 2. The fraction of sp³-hybridized carbons (Fsp3) is 0.316. The van der Waals surface area contributed by atoms with Crippen LogP contribution in [-0.2, 0) is 4.79 Å². The molecule has 1 amide bonds. The summed E-state index contributed by atoms with van der Waals surface area (Å²) in [6, 6.07) is 13.2. The molecule has 132 valence electrons. The predicted molar refractivity (Wildman–Crippen MR) is 103 cm³/mol. The third-order valence-electron chi connectivity index (χ3n) is 3.83. The normalized spacial score (nSPS) is 17.0. The number of carbonyl (C=O) groups is 1. The SMILES string of the molecule is CCOc1ccc([C@@H]2SCC(=O)N2c2ccc(Cl)cc2)cc1OCC. The molecule has 25 heavy (non-hydrogen) atoms. The lowest BCUT2D eigenvalue weighted by Crippen LogP contribution is -2.27. The van der Waals surface area contributed by atoms with Crippen LogP contribution in [0.3, 0.4) is 0 Å². The predicted octanol–water partition coefficient (Wildman–Crippen LogP) is 4.92. The van der Waals surface area contributed by atoms with Crippen molar-refractivity contribution in [3.8, 4) is 11.5 Å². The molecule has 1 atom stereocenters. The van der Waals surface area contributed by atoms with E-state index >= 15 is 0 Å². The van der Waals surface area contributed by atoms with Crippen LogP contribution in [0, 0.1) is 0 Å². The zero-order chi connectivity index (χ0) is 17.8. The van der Waals surface area contributed by atoms with Crippen LogP contribution >= 0.6 is 23.4 Å². The highest BCUT2D eigenvalue weighted by Crippen LogP contribution is 2.44. The van der Waals surface area contributed by atoms with E-state index in [9.17, 15) is 4.79 Å². The van der Waals surface area contributed by atoms with Gasteiger partial charge in [-0.15, -0.1) is 11.8 Å². The number of hydrogen-bond donors (Lipinski definition) is 0. The molecule has 1 aliphatic rings. The van der Waals surface area contributed by atoms with Gasteiger partial charge in [0.25, 0.3) is 0 Å². The van der Waals surface area contributed by atoms with Gasteiger partial charge in [-0.25, -0.2) is 0 Å². The molecule has 3 rings (SSSR count). The Morgan fingerprint density at radius 2 is 1.76 bits per heavy atom. The maximum atomic E-state index is 12.4. The molecule has 6 heteroatoms. The molecule has 4 nitrogen and oxygen atoms in total. The quantitative estimate of drug-likeness (QED) is 0.716. The van der Waals surface area contributed by atoms with Gasteiger partial charge in [0.2, 0.25) is 5.91 Å². The summed E-state index contributed by atoms with van der Waals surface area (Å²) < 4.78 is 11.3. The minimum Gasteiger partial charge on any atom is -0.490 e. The summed E-state index contributed by atoms with van der Waals surface area (Å²) >= 11 is 7.58. The Bertz CT molecular complexity index is 751. The van der Waals surface area contributed by atoms with Crippen molar-refractivity contribution in [2.75, 3.05) is 23.9 Å². The van der Waals surface area contributed by atoms with E-state index in [0.29, 0.717) is 29.7 Å². The fourth-order valence-electron chi connectivity index (χ4n) is 2.77. The number of amides is 1. The summed E-state index contributed by atoms with van der Waals surface area (Å²) in [5, 5.41) is 0.558. The van der Waals surface area contributed by atoms with Crippen molar-refractivity contribution in [2.45, 2.75) is 19.2 Å². The minimum absolute atomic E-state index is 0.0872. The van der Waals surface area contributed by atoms with Crippen LogP contribution in [0.15, 0.2) is 42.5 Å². The summed E-state index contributed by atoms with van der Waals surface area (Å²) in [6.07, 6.45) is 0. The van der Waals surface area contributed by atoms with E-state index in [0.717, 1.165) is 17.0 Å². The summed E-state index contributed by atoms with van der Waals surface area (Å²) in [5.41, 5.74) is 1.86. The van der Waals surface area contributed by atoms with Gasteiger partial charge >= 0.3 is 0 Å². The van der Waals surface area contributed by atoms with Crippen LogP contribution in [0.5, 0.6) is 11.5 Å². The Labute approximate surface area is 157 Å². The van der Waals surface area contributed by atoms with Crippen molar-refractivity contribution in [3.63, 3.8) is 0 Å². The number of rotatable bonds is 6. The summed E-state index contributed by atoms with van der Waals surface area (Å²) in [6.45, 7) is 5.02. The lowest BCUT2D eigenvalue weighted by molar-refractivity contribution is -0.115. The van der Waals surface area contributed by atoms with Crippen molar-refractivity contribution in [1.82, 2.24) is 0 Å². The molecule has 0 N–H and O–H groups in total. The van der Waals surface area contributed by atoms with E-state index in [1.165, 1.54) is 0 Å². The van der Waals surface area contributed by atoms with Gasteiger partial charge in [0, 0.05) is 10.7 Å². The molecule has 2 aromatic carbocycles. The zero-order valence-corrected chi connectivity index (χ0v) is 15.8. The molecule has 0 bridgehead atoms. The highest BCUT2D eigenvalue weighted by atomic mass is 35.5. The largest absolute Gasteiger partial charge is 0.490 e. The van der Waals surface area contributed by atoms with Crippen LogP contribution < -0.4 is 14.4 Å². The highest BCUT2D eigenvalue weighted by molar-refractivity contribution is 8.00. The third kappa shape index (κ3) is 3.88. The second-order valence-corrected chi connectivity index (χ2v) is 6.98. The average Bonchev–Trinajstić information content (AvgIpc) is 2.99. The number of thioether (sulfide) groups is 1. The molecule has 0 aliphatic carbocycles. The topological polar surface area (TPSA) is 38.8 Å². The first-order chi connectivity index (χ1) is 12.1. The molecule has 0 radical (unpaired) electrons. The van der Waals surface area contributed by atoms with E-state index in [1.807, 2.05) is 49.1 Å². The smallest absolute Gasteiger partial charge is 0.238 e. The Morgan fingerprint density at radius 1 is 1.08 bits per heavy atom. The van der Waals surface area contributed by atoms with Crippen LogP contribution in [0.25, 0.3) is 0 Å². The first-order valence-electron chi connectivity index (χ1n) is 8.22. The van der Waals surface area contributed by atoms with Gasteiger partial charge in [-0.2, -0.15) is 0 Å². The van der Waals surface area contributed by atoms with Gasteiger partial charge in [-0.1, -0.05) is 17.7 Å². The number of nitrogens with zero attached hydrogens (tertiary/aromatic N) is 1. The van der Waals surface area contributed by atoms with Gasteiger partial charge < -0.3 is 9.47 Å². The lowest BCUT2D eigenvalue weighted by atomic mass is 10.1. The van der Waals surface area contributed by atoms with E-state index in [4.69, 9.17) is 21.1 Å². The van der Waals surface area contributed by atoms with Crippen LogP contribution in [-0.4, -0.2) is 24.9 Å². The van der Waals surface area contributed by atoms with E-state index in [1.54, 1.807) is 23.9 Å². The first-order valence-corrected chi connectivity index (χ1v) is 9.65. The molecule has 1 saturated heterocycles. The van der Waals surface area contributed by atoms with Gasteiger partial charge in [0.1, 0.15) is 5.37 Å². The molecule has 1 heterocycles. The highest BCUT2D eigenvalue weighted by Gasteiger charge is 2.34. The second kappa shape index (κ2) is 8.02. The van der Waals surface area contributed by atoms with Crippen molar-refractivity contribution in [3.05, 3.63) is 53.1 Å². The molecule has 0 saturated carbocycles. The van der Waals surface area contributed by atoms with Gasteiger partial charge in [0.05, 0.1) is 19.0 Å². The van der Waals surface area contributed by atoms with Crippen molar-refractivity contribution >= 4 is 35.0 Å². The molecular formula is C19H20ClNO3S. The Kier molecular flexibility index (Phi) is 5.76. The molecule has 1 fully saturated rings. The van der Waals surface area contributed by atoms with Gasteiger partial charge in [-0.3, -0.25) is 9.69 Å². The van der Waals surface area contributed by atoms with Crippen molar-refractivity contribution in [2.24, 2.45) is 0 Å². The molecule has 1 aliphatic heterocycles. The maximum Gasteiger partial charge on any atom is 0.238 e. The van der Waals surface area contributed by atoms with Crippen LogP contribution in [0.1, 0.15) is 24.8 Å². The van der Waals surface area contributed by atoms with Gasteiger partial charge in [-0.05, 0) is 55.8 Å². The molecule has 0 aromatic heterocycles. The third-order valence-corrected chi connectivity index (χ3v) is 5.29. The second-order valence-electron chi connectivity index (χ2n) is 5.48. The number of halogens is 1. The number of hydrogen-bond acceptors (Lipinski definition) is 4. The zero-order valence-electron chi connectivity index (χ0n) is 14.2. The molecule has 0 spiro atoms. The van der Waals surface area contributed by atoms with Crippen LogP contribution in [0.4, 0.5) is 5.69 Å². The van der Waals surface area contributed by atoms with E-state index < -0.39 is 0 Å². The summed E-state index contributed by atoms with van der Waals surface area (Å²) in [5.74, 6) is 1.97. The van der Waals surface area contributed by atoms with E-state index in [-0.39, 0.29) is 11.3 Å². The monoisotopic (exact) mass is 377 g/mol. The van der Waals surface area contributed by atoms with Crippen molar-refractivity contribution < 1.29 is 14.3 Å². The lowest BCUT2D eigenvalue weighted by Gasteiger charge is -2.25. The van der Waals surface area contributed by atoms with E-state index in [2.05, 4.69) is 0 Å². The standard InChI is InChI=1S/C19H20ClNO3S/c1-3-23-16-10-5-13(11-17(16)24-4-2)19-21(18(22)12-25-19)15-8-6-14(20)7-9-15/h5-11,19H,3-4,12H2,1-2H3/t19-/m0/s1. The Hall–Kier alpha value is -1.85. The number of carbonyl (C=O) groups excluding carboxylic acids is 1.